The van der Waals surface area contributed by atoms with Crippen molar-refractivity contribution < 1.29 is 9.50 Å². The predicted octanol–water partition coefficient (Wildman–Crippen LogP) is 3.35. The monoisotopic (exact) mass is 433 g/mol. The number of benzene rings is 1. The minimum absolute atomic E-state index is 0.161. The van der Waals surface area contributed by atoms with Crippen LogP contribution in [0.2, 0.25) is 0 Å². The van der Waals surface area contributed by atoms with E-state index in [1.54, 1.807) is 30.6 Å². The standard InChI is InChI=1S/C23H24FN7O/c24-19-11-18(31-10-7-17(14-32)30-31)2-3-20(19)28-23-12-21-15(13-26-23)1-4-22(29-21)27-16-5-8-25-9-6-16/h1-4,7,10-13,16,25,32H,5-6,8-9,14H2,(H,26,28)(H,27,29). The summed E-state index contributed by atoms with van der Waals surface area (Å²) in [6, 6.07) is 12.6. The van der Waals surface area contributed by atoms with Crippen LogP contribution in [0.25, 0.3) is 16.6 Å². The van der Waals surface area contributed by atoms with Gasteiger partial charge in [0, 0.05) is 36.0 Å². The second kappa shape index (κ2) is 8.89. The van der Waals surface area contributed by atoms with E-state index in [0.717, 1.165) is 42.7 Å². The van der Waals surface area contributed by atoms with E-state index in [1.165, 1.54) is 10.7 Å². The number of pyridine rings is 2. The lowest BCUT2D eigenvalue weighted by atomic mass is 10.1. The molecule has 0 saturated carbocycles. The van der Waals surface area contributed by atoms with Gasteiger partial charge >= 0.3 is 0 Å². The lowest BCUT2D eigenvalue weighted by Crippen LogP contribution is -2.35. The van der Waals surface area contributed by atoms with Crippen LogP contribution in [0.3, 0.4) is 0 Å². The van der Waals surface area contributed by atoms with Crippen LogP contribution in [0.4, 0.5) is 21.7 Å². The quantitative estimate of drug-likeness (QED) is 0.370. The van der Waals surface area contributed by atoms with Crippen molar-refractivity contribution in [2.75, 3.05) is 23.7 Å². The molecular formula is C23H24FN7O. The van der Waals surface area contributed by atoms with Gasteiger partial charge in [0.1, 0.15) is 17.5 Å². The third-order valence-electron chi connectivity index (χ3n) is 5.55. The predicted molar refractivity (Wildman–Crippen MR) is 122 cm³/mol. The molecule has 0 radical (unpaired) electrons. The Bertz CT molecular complexity index is 1240. The van der Waals surface area contributed by atoms with E-state index in [-0.39, 0.29) is 6.61 Å². The summed E-state index contributed by atoms with van der Waals surface area (Å²) in [6.07, 6.45) is 5.54. The average molecular weight is 433 g/mol. The van der Waals surface area contributed by atoms with Gasteiger partial charge in [-0.15, -0.1) is 0 Å². The van der Waals surface area contributed by atoms with Crippen molar-refractivity contribution in [3.63, 3.8) is 0 Å². The van der Waals surface area contributed by atoms with Crippen molar-refractivity contribution in [2.24, 2.45) is 0 Å². The van der Waals surface area contributed by atoms with Crippen LogP contribution in [0, 0.1) is 5.82 Å². The number of nitrogens with zero attached hydrogens (tertiary/aromatic N) is 4. The van der Waals surface area contributed by atoms with E-state index >= 15 is 0 Å². The molecule has 1 aromatic carbocycles. The molecule has 1 fully saturated rings. The molecule has 4 aromatic rings. The maximum atomic E-state index is 14.7. The molecular weight excluding hydrogens is 409 g/mol. The van der Waals surface area contributed by atoms with Crippen LogP contribution < -0.4 is 16.0 Å². The fraction of sp³-hybridized carbons (Fsp3) is 0.261. The number of fused-ring (bicyclic) bond motifs is 1. The van der Waals surface area contributed by atoms with Gasteiger partial charge in [0.25, 0.3) is 0 Å². The molecule has 1 saturated heterocycles. The molecule has 0 bridgehead atoms. The smallest absolute Gasteiger partial charge is 0.148 e. The summed E-state index contributed by atoms with van der Waals surface area (Å²) in [5.41, 5.74) is 2.18. The highest BCUT2D eigenvalue weighted by Crippen LogP contribution is 2.24. The zero-order chi connectivity index (χ0) is 21.9. The summed E-state index contributed by atoms with van der Waals surface area (Å²) in [6.45, 7) is 1.86. The highest BCUT2D eigenvalue weighted by atomic mass is 19.1. The second-order valence-corrected chi connectivity index (χ2v) is 7.83. The van der Waals surface area contributed by atoms with Gasteiger partial charge in [0.15, 0.2) is 0 Å². The van der Waals surface area contributed by atoms with Gasteiger partial charge in [0.2, 0.25) is 0 Å². The molecule has 0 unspecified atom stereocenters. The molecule has 1 aliphatic heterocycles. The Morgan fingerprint density at radius 3 is 2.75 bits per heavy atom. The Labute approximate surface area is 184 Å². The SMILES string of the molecule is OCc1ccn(-c2ccc(Nc3cc4nc(NC5CCNCC5)ccc4cn3)c(F)c2)n1. The normalized spacial score (nSPS) is 14.6. The van der Waals surface area contributed by atoms with Gasteiger partial charge in [0.05, 0.1) is 29.2 Å². The van der Waals surface area contributed by atoms with Crippen LogP contribution in [0.15, 0.2) is 54.9 Å². The zero-order valence-corrected chi connectivity index (χ0v) is 17.4. The second-order valence-electron chi connectivity index (χ2n) is 7.83. The summed E-state index contributed by atoms with van der Waals surface area (Å²) in [4.78, 5) is 9.11. The Morgan fingerprint density at radius 1 is 1.09 bits per heavy atom. The molecule has 1 aliphatic rings. The molecule has 4 heterocycles. The van der Waals surface area contributed by atoms with E-state index in [4.69, 9.17) is 10.1 Å². The molecule has 4 N–H and O–H groups in total. The number of rotatable bonds is 6. The molecule has 164 valence electrons. The number of halogens is 1. The van der Waals surface area contributed by atoms with Gasteiger partial charge in [-0.1, -0.05) is 0 Å². The maximum Gasteiger partial charge on any atom is 0.148 e. The molecule has 5 rings (SSSR count). The van der Waals surface area contributed by atoms with Crippen molar-refractivity contribution in [3.8, 4) is 5.69 Å². The first-order valence-electron chi connectivity index (χ1n) is 10.6. The minimum atomic E-state index is -0.431. The van der Waals surface area contributed by atoms with Gasteiger partial charge in [-0.05, 0) is 56.3 Å². The summed E-state index contributed by atoms with van der Waals surface area (Å²) < 4.78 is 16.3. The largest absolute Gasteiger partial charge is 0.390 e. The molecule has 3 aromatic heterocycles. The third kappa shape index (κ3) is 4.39. The number of hydrogen-bond donors (Lipinski definition) is 4. The van der Waals surface area contributed by atoms with Crippen LogP contribution in [0.1, 0.15) is 18.5 Å². The summed E-state index contributed by atoms with van der Waals surface area (Å²) >= 11 is 0. The number of anilines is 3. The van der Waals surface area contributed by atoms with Crippen molar-refractivity contribution in [3.05, 3.63) is 66.4 Å². The molecule has 9 heteroatoms. The van der Waals surface area contributed by atoms with E-state index in [2.05, 4.69) is 26.0 Å². The van der Waals surface area contributed by atoms with Crippen molar-refractivity contribution >= 4 is 28.2 Å². The highest BCUT2D eigenvalue weighted by Gasteiger charge is 2.13. The number of aliphatic hydroxyl groups excluding tert-OH is 1. The molecule has 0 atom stereocenters. The van der Waals surface area contributed by atoms with Crippen LogP contribution in [-0.4, -0.2) is 44.0 Å². The van der Waals surface area contributed by atoms with E-state index in [0.29, 0.717) is 28.9 Å². The van der Waals surface area contributed by atoms with E-state index < -0.39 is 5.82 Å². The highest BCUT2D eigenvalue weighted by molar-refractivity contribution is 5.82. The fourth-order valence-electron chi connectivity index (χ4n) is 3.82. The van der Waals surface area contributed by atoms with Gasteiger partial charge < -0.3 is 21.1 Å². The van der Waals surface area contributed by atoms with Crippen molar-refractivity contribution in [1.29, 1.82) is 0 Å². The van der Waals surface area contributed by atoms with Crippen molar-refractivity contribution in [2.45, 2.75) is 25.5 Å². The first kappa shape index (κ1) is 20.3. The molecule has 0 aliphatic carbocycles. The van der Waals surface area contributed by atoms with Crippen LogP contribution in [-0.2, 0) is 6.61 Å². The number of piperidine rings is 1. The first-order valence-corrected chi connectivity index (χ1v) is 10.6. The molecule has 8 nitrogen and oxygen atoms in total. The van der Waals surface area contributed by atoms with Gasteiger partial charge in [-0.3, -0.25) is 0 Å². The third-order valence-corrected chi connectivity index (χ3v) is 5.55. The van der Waals surface area contributed by atoms with Gasteiger partial charge in [-0.2, -0.15) is 5.10 Å². The lowest BCUT2D eigenvalue weighted by Gasteiger charge is -2.24. The van der Waals surface area contributed by atoms with Crippen molar-refractivity contribution in [1.82, 2.24) is 25.1 Å². The Kier molecular flexibility index (Phi) is 5.66. The number of aromatic nitrogens is 4. The summed E-state index contributed by atoms with van der Waals surface area (Å²) in [5, 5.41) is 24.2. The number of aliphatic hydroxyl groups is 1. The maximum absolute atomic E-state index is 14.7. The lowest BCUT2D eigenvalue weighted by molar-refractivity contribution is 0.276. The zero-order valence-electron chi connectivity index (χ0n) is 17.4. The summed E-state index contributed by atoms with van der Waals surface area (Å²) in [7, 11) is 0. The number of hydrogen-bond acceptors (Lipinski definition) is 7. The van der Waals surface area contributed by atoms with E-state index in [9.17, 15) is 4.39 Å². The Balaban J connectivity index is 1.35. The topological polar surface area (TPSA) is 99.9 Å². The Morgan fingerprint density at radius 2 is 1.97 bits per heavy atom. The molecule has 32 heavy (non-hydrogen) atoms. The minimum Gasteiger partial charge on any atom is -0.390 e. The van der Waals surface area contributed by atoms with Gasteiger partial charge in [-0.25, -0.2) is 19.0 Å². The Hall–Kier alpha value is -3.56. The molecule has 0 amide bonds. The van der Waals surface area contributed by atoms with Crippen LogP contribution in [0.5, 0.6) is 0 Å². The van der Waals surface area contributed by atoms with E-state index in [1.807, 2.05) is 18.2 Å². The summed E-state index contributed by atoms with van der Waals surface area (Å²) in [5.74, 6) is 0.913. The first-order chi connectivity index (χ1) is 15.7. The fourth-order valence-corrected chi connectivity index (χ4v) is 3.82. The number of nitrogens with one attached hydrogen (secondary N) is 3. The molecule has 0 spiro atoms. The van der Waals surface area contributed by atoms with Crippen LogP contribution >= 0.6 is 0 Å². The average Bonchev–Trinajstić information content (AvgIpc) is 3.30.